The summed E-state index contributed by atoms with van der Waals surface area (Å²) in [5.41, 5.74) is 1.67. The third kappa shape index (κ3) is 3.47. The molecule has 1 heterocycles. The monoisotopic (exact) mass is 321 g/mol. The molecule has 3 rings (SSSR count). The summed E-state index contributed by atoms with van der Waals surface area (Å²) in [6, 6.07) is 5.53. The number of H-pyrrole nitrogens is 1. The van der Waals surface area contributed by atoms with Crippen LogP contribution in [0.2, 0.25) is 0 Å². The lowest BCUT2D eigenvalue weighted by Gasteiger charge is -2.09. The number of nitrogens with zero attached hydrogens (tertiary/aromatic N) is 2. The summed E-state index contributed by atoms with van der Waals surface area (Å²) in [6.45, 7) is 1.92. The molecule has 0 saturated heterocycles. The van der Waals surface area contributed by atoms with E-state index in [0.29, 0.717) is 23.1 Å². The van der Waals surface area contributed by atoms with Gasteiger partial charge < -0.3 is 4.74 Å². The lowest BCUT2D eigenvalue weighted by atomic mass is 10.1. The summed E-state index contributed by atoms with van der Waals surface area (Å²) in [5, 5.41) is 6.83. The number of aryl methyl sites for hydroxylation is 1. The Balaban J connectivity index is 1.76. The zero-order valence-corrected chi connectivity index (χ0v) is 13.5. The number of benzene rings is 1. The summed E-state index contributed by atoms with van der Waals surface area (Å²) in [5.74, 6) is 1.93. The molecule has 0 spiro atoms. The maximum absolute atomic E-state index is 12.4. The van der Waals surface area contributed by atoms with Crippen molar-refractivity contribution in [3.05, 3.63) is 41.0 Å². The molecule has 0 aliphatic heterocycles. The van der Waals surface area contributed by atoms with Gasteiger partial charge in [-0.3, -0.25) is 5.10 Å². The van der Waals surface area contributed by atoms with Crippen LogP contribution in [-0.2, 0) is 21.3 Å². The van der Waals surface area contributed by atoms with Crippen LogP contribution in [0.3, 0.4) is 0 Å². The molecule has 7 heteroatoms. The third-order valence-electron chi connectivity index (χ3n) is 3.66. The number of ether oxygens (including phenoxy) is 1. The first-order valence-electron chi connectivity index (χ1n) is 7.22. The largest absolute Gasteiger partial charge is 0.496 e. The van der Waals surface area contributed by atoms with Crippen molar-refractivity contribution in [1.29, 1.82) is 0 Å². The quantitative estimate of drug-likeness (QED) is 0.881. The number of rotatable bonds is 6. The van der Waals surface area contributed by atoms with Gasteiger partial charge in [0.1, 0.15) is 17.3 Å². The molecule has 0 unspecified atom stereocenters. The first kappa shape index (κ1) is 15.0. The maximum Gasteiger partial charge on any atom is 0.161 e. The minimum absolute atomic E-state index is 0.0721. The molecule has 1 aromatic heterocycles. The molecule has 1 saturated carbocycles. The van der Waals surface area contributed by atoms with Gasteiger partial charge in [-0.15, -0.1) is 0 Å². The molecule has 118 valence electrons. The van der Waals surface area contributed by atoms with Crippen molar-refractivity contribution in [2.75, 3.05) is 7.11 Å². The molecule has 0 radical (unpaired) electrons. The van der Waals surface area contributed by atoms with Crippen LogP contribution in [0.4, 0.5) is 0 Å². The first-order valence-corrected chi connectivity index (χ1v) is 9.04. The molecule has 2 aromatic rings. The molecule has 0 amide bonds. The molecule has 22 heavy (non-hydrogen) atoms. The van der Waals surface area contributed by atoms with Crippen LogP contribution in [0.25, 0.3) is 0 Å². The Morgan fingerprint density at radius 1 is 1.32 bits per heavy atom. The fourth-order valence-corrected chi connectivity index (χ4v) is 3.76. The minimum atomic E-state index is -3.34. The van der Waals surface area contributed by atoms with E-state index in [1.165, 1.54) is 0 Å². The number of aromatic nitrogens is 3. The van der Waals surface area contributed by atoms with E-state index >= 15 is 0 Å². The van der Waals surface area contributed by atoms with Crippen LogP contribution in [0.5, 0.6) is 5.75 Å². The van der Waals surface area contributed by atoms with Crippen molar-refractivity contribution in [3.8, 4) is 5.75 Å². The van der Waals surface area contributed by atoms with Crippen LogP contribution in [-0.4, -0.2) is 30.7 Å². The van der Waals surface area contributed by atoms with Crippen LogP contribution in [0, 0.1) is 6.92 Å². The average Bonchev–Trinajstić information content (AvgIpc) is 3.19. The van der Waals surface area contributed by atoms with Gasteiger partial charge >= 0.3 is 0 Å². The van der Waals surface area contributed by atoms with Gasteiger partial charge in [-0.25, -0.2) is 13.4 Å². The molecule has 1 aromatic carbocycles. The third-order valence-corrected chi connectivity index (χ3v) is 5.12. The summed E-state index contributed by atoms with van der Waals surface area (Å²) in [4.78, 5) is 4.28. The summed E-state index contributed by atoms with van der Waals surface area (Å²) in [6.07, 6.45) is 2.18. The van der Waals surface area contributed by atoms with Gasteiger partial charge in [0.2, 0.25) is 0 Å². The van der Waals surface area contributed by atoms with Crippen LogP contribution < -0.4 is 4.74 Å². The minimum Gasteiger partial charge on any atom is -0.496 e. The zero-order valence-electron chi connectivity index (χ0n) is 12.7. The summed E-state index contributed by atoms with van der Waals surface area (Å²) < 4.78 is 30.0. The number of hydrogen-bond donors (Lipinski definition) is 1. The Hall–Kier alpha value is -1.89. The molecular formula is C15H19N3O3S. The highest BCUT2D eigenvalue weighted by atomic mass is 32.2. The molecule has 0 bridgehead atoms. The average molecular weight is 321 g/mol. The molecule has 1 fully saturated rings. The number of methoxy groups -OCH3 is 1. The molecule has 6 nitrogen and oxygen atoms in total. The van der Waals surface area contributed by atoms with Crippen LogP contribution >= 0.6 is 0 Å². The topological polar surface area (TPSA) is 84.9 Å². The van der Waals surface area contributed by atoms with Gasteiger partial charge in [0.25, 0.3) is 0 Å². The van der Waals surface area contributed by atoms with Gasteiger partial charge in [-0.05, 0) is 25.8 Å². The normalized spacial score (nSPS) is 15.0. The summed E-state index contributed by atoms with van der Waals surface area (Å²) >= 11 is 0. The molecule has 1 aliphatic carbocycles. The smallest absolute Gasteiger partial charge is 0.161 e. The van der Waals surface area contributed by atoms with E-state index in [4.69, 9.17) is 4.74 Å². The van der Waals surface area contributed by atoms with E-state index in [1.807, 2.05) is 19.1 Å². The van der Waals surface area contributed by atoms with E-state index in [1.54, 1.807) is 13.2 Å². The number of nitrogens with one attached hydrogen (secondary N) is 1. The molecule has 1 aliphatic rings. The fraction of sp³-hybridized carbons (Fsp3) is 0.467. The second kappa shape index (κ2) is 5.72. The van der Waals surface area contributed by atoms with Gasteiger partial charge in [0.05, 0.1) is 12.9 Å². The van der Waals surface area contributed by atoms with Gasteiger partial charge in [0, 0.05) is 11.5 Å². The predicted octanol–water partition coefficient (Wildman–Crippen LogP) is 2.11. The van der Waals surface area contributed by atoms with E-state index in [0.717, 1.165) is 24.2 Å². The molecular weight excluding hydrogens is 302 g/mol. The van der Waals surface area contributed by atoms with Crippen molar-refractivity contribution >= 4 is 9.84 Å². The zero-order chi connectivity index (χ0) is 15.7. The number of aromatic amines is 1. The standard InChI is InChI=1S/C15H19N3O3S/c1-10-3-6-13(21-2)12(7-10)8-22(19,20)9-14-16-15(18-17-14)11-4-5-11/h3,6-7,11H,4-5,8-9H2,1-2H3,(H,16,17,18). The predicted molar refractivity (Wildman–Crippen MR) is 82.4 cm³/mol. The first-order chi connectivity index (χ1) is 10.5. The number of hydrogen-bond acceptors (Lipinski definition) is 5. The Labute approximate surface area is 129 Å². The van der Waals surface area contributed by atoms with Crippen molar-refractivity contribution in [2.45, 2.75) is 37.2 Å². The highest BCUT2D eigenvalue weighted by molar-refractivity contribution is 7.89. The molecule has 0 atom stereocenters. The lowest BCUT2D eigenvalue weighted by Crippen LogP contribution is -2.10. The highest BCUT2D eigenvalue weighted by Gasteiger charge is 2.28. The lowest BCUT2D eigenvalue weighted by molar-refractivity contribution is 0.411. The van der Waals surface area contributed by atoms with Gasteiger partial charge in [0.15, 0.2) is 15.7 Å². The Morgan fingerprint density at radius 2 is 2.09 bits per heavy atom. The SMILES string of the molecule is COc1ccc(C)cc1CS(=O)(=O)Cc1nc(C2CC2)n[nH]1. The van der Waals surface area contributed by atoms with E-state index in [2.05, 4.69) is 15.2 Å². The van der Waals surface area contributed by atoms with Crippen molar-refractivity contribution < 1.29 is 13.2 Å². The maximum atomic E-state index is 12.4. The Kier molecular flexibility index (Phi) is 3.90. The van der Waals surface area contributed by atoms with E-state index < -0.39 is 9.84 Å². The second-order valence-electron chi connectivity index (χ2n) is 5.76. The van der Waals surface area contributed by atoms with Crippen molar-refractivity contribution in [3.63, 3.8) is 0 Å². The van der Waals surface area contributed by atoms with E-state index in [-0.39, 0.29) is 11.5 Å². The molecule has 1 N–H and O–H groups in total. The summed E-state index contributed by atoms with van der Waals surface area (Å²) in [7, 11) is -1.80. The number of sulfone groups is 1. The van der Waals surface area contributed by atoms with Crippen molar-refractivity contribution in [2.24, 2.45) is 0 Å². The highest BCUT2D eigenvalue weighted by Crippen LogP contribution is 2.37. The fourth-order valence-electron chi connectivity index (χ4n) is 2.42. The van der Waals surface area contributed by atoms with Crippen LogP contribution in [0.15, 0.2) is 18.2 Å². The van der Waals surface area contributed by atoms with Gasteiger partial charge in [-0.2, -0.15) is 5.10 Å². The second-order valence-corrected chi connectivity index (χ2v) is 7.83. The van der Waals surface area contributed by atoms with Crippen molar-refractivity contribution in [1.82, 2.24) is 15.2 Å². The van der Waals surface area contributed by atoms with E-state index in [9.17, 15) is 8.42 Å². The van der Waals surface area contributed by atoms with Gasteiger partial charge in [-0.1, -0.05) is 17.7 Å². The Bertz CT molecular complexity index is 779. The van der Waals surface area contributed by atoms with Crippen LogP contribution in [0.1, 0.15) is 41.5 Å². The Morgan fingerprint density at radius 3 is 2.77 bits per heavy atom.